The van der Waals surface area contributed by atoms with Gasteiger partial charge in [0.15, 0.2) is 0 Å². The molecule has 4 rings (SSSR count). The molecule has 2 saturated heterocycles. The lowest BCUT2D eigenvalue weighted by atomic mass is 9.84. The topological polar surface area (TPSA) is 130 Å². The van der Waals surface area contributed by atoms with Crippen molar-refractivity contribution >= 4 is 24.2 Å². The Kier molecular flexibility index (Phi) is 14.6. The van der Waals surface area contributed by atoms with Crippen LogP contribution in [0, 0.1) is 11.8 Å². The Bertz CT molecular complexity index is 1590. The number of likely N-dealkylation sites (tertiary alicyclic amines) is 2. The number of aliphatic imine (C=N–C) groups is 2. The molecule has 2 heterocycles. The van der Waals surface area contributed by atoms with Crippen LogP contribution in [0.2, 0.25) is 0 Å². The first-order valence-corrected chi connectivity index (χ1v) is 20.7. The van der Waals surface area contributed by atoms with Crippen LogP contribution in [0.4, 0.5) is 0 Å². The van der Waals surface area contributed by atoms with Gasteiger partial charge in [-0.05, 0) is 127 Å². The number of aromatic hydroxyl groups is 2. The van der Waals surface area contributed by atoms with Crippen LogP contribution in [0.25, 0.3) is 0 Å². The fourth-order valence-electron chi connectivity index (χ4n) is 7.31. The van der Waals surface area contributed by atoms with Crippen molar-refractivity contribution in [2.45, 2.75) is 144 Å². The molecule has 2 aliphatic heterocycles. The molecule has 0 atom stereocenters. The van der Waals surface area contributed by atoms with E-state index in [0.717, 1.165) is 74.1 Å². The molecule has 0 unspecified atom stereocenters. The summed E-state index contributed by atoms with van der Waals surface area (Å²) in [5, 5.41) is 29.1. The normalized spacial score (nSPS) is 17.6. The highest BCUT2D eigenvalue weighted by Crippen LogP contribution is 2.34. The Hall–Kier alpha value is -3.76. The molecule has 0 radical (unpaired) electrons. The summed E-state index contributed by atoms with van der Waals surface area (Å²) < 4.78 is 0. The number of amides is 2. The molecular formula is C46H72N6O4. The van der Waals surface area contributed by atoms with Crippen molar-refractivity contribution < 1.29 is 19.8 Å². The van der Waals surface area contributed by atoms with E-state index in [2.05, 4.69) is 84.1 Å². The zero-order valence-corrected chi connectivity index (χ0v) is 36.6. The number of hydrogen-bond donors (Lipinski definition) is 4. The minimum absolute atomic E-state index is 0.0159. The number of hydrogen-bond acceptors (Lipinski definition) is 8. The zero-order valence-electron chi connectivity index (χ0n) is 36.6. The van der Waals surface area contributed by atoms with Gasteiger partial charge in [0.05, 0.1) is 13.1 Å². The number of carbonyl (C=O) groups is 2. The molecule has 2 amide bonds. The van der Waals surface area contributed by atoms with Crippen molar-refractivity contribution in [3.8, 4) is 11.5 Å². The van der Waals surface area contributed by atoms with E-state index in [9.17, 15) is 19.8 Å². The first-order valence-electron chi connectivity index (χ1n) is 20.7. The van der Waals surface area contributed by atoms with Crippen molar-refractivity contribution in [1.29, 1.82) is 0 Å². The molecule has 310 valence electrons. The number of phenolic OH excluding ortho intramolecular Hbond substituents is 2. The van der Waals surface area contributed by atoms with Gasteiger partial charge in [0.1, 0.15) is 11.5 Å². The first kappa shape index (κ1) is 44.9. The molecule has 2 aromatic carbocycles. The van der Waals surface area contributed by atoms with E-state index in [-0.39, 0.29) is 57.1 Å². The molecular weight excluding hydrogens is 701 g/mol. The summed E-state index contributed by atoms with van der Waals surface area (Å²) in [7, 11) is 0. The van der Waals surface area contributed by atoms with Gasteiger partial charge in [0, 0.05) is 70.7 Å². The Balaban J connectivity index is 1.40. The van der Waals surface area contributed by atoms with Gasteiger partial charge in [0.2, 0.25) is 11.8 Å². The van der Waals surface area contributed by atoms with Crippen LogP contribution in [-0.2, 0) is 33.5 Å². The van der Waals surface area contributed by atoms with Crippen LogP contribution < -0.4 is 10.6 Å². The van der Waals surface area contributed by atoms with E-state index >= 15 is 0 Å². The molecule has 2 aliphatic rings. The summed E-state index contributed by atoms with van der Waals surface area (Å²) in [6, 6.07) is 8.26. The van der Waals surface area contributed by atoms with E-state index in [1.807, 2.05) is 53.7 Å². The maximum absolute atomic E-state index is 12.8. The monoisotopic (exact) mass is 773 g/mol. The first-order chi connectivity index (χ1) is 25.9. The van der Waals surface area contributed by atoms with Gasteiger partial charge in [-0.25, -0.2) is 0 Å². The van der Waals surface area contributed by atoms with Crippen molar-refractivity contribution in [3.05, 3.63) is 57.6 Å². The lowest BCUT2D eigenvalue weighted by Gasteiger charge is -2.33. The Morgan fingerprint density at radius 3 is 1.21 bits per heavy atom. The van der Waals surface area contributed by atoms with Gasteiger partial charge in [-0.1, -0.05) is 53.7 Å². The van der Waals surface area contributed by atoms with Gasteiger partial charge in [-0.3, -0.25) is 29.4 Å². The predicted molar refractivity (Wildman–Crippen MR) is 230 cm³/mol. The summed E-state index contributed by atoms with van der Waals surface area (Å²) >= 11 is 0. The Morgan fingerprint density at radius 1 is 0.607 bits per heavy atom. The van der Waals surface area contributed by atoms with Crippen molar-refractivity contribution in [1.82, 2.24) is 20.4 Å². The molecule has 10 heteroatoms. The lowest BCUT2D eigenvalue weighted by Crippen LogP contribution is -2.46. The number of nitrogens with one attached hydrogen (secondary N) is 2. The van der Waals surface area contributed by atoms with Crippen LogP contribution in [-0.4, -0.2) is 94.6 Å². The minimum Gasteiger partial charge on any atom is -0.507 e. The second-order valence-corrected chi connectivity index (χ2v) is 20.3. The second-order valence-electron chi connectivity index (χ2n) is 20.3. The van der Waals surface area contributed by atoms with Crippen molar-refractivity contribution in [2.75, 3.05) is 39.3 Å². The highest BCUT2D eigenvalue weighted by atomic mass is 16.3. The lowest BCUT2D eigenvalue weighted by molar-refractivity contribution is -0.128. The molecule has 4 N–H and O–H groups in total. The van der Waals surface area contributed by atoms with Crippen LogP contribution in [0.3, 0.4) is 0 Å². The third-order valence-electron chi connectivity index (χ3n) is 10.7. The van der Waals surface area contributed by atoms with Crippen LogP contribution in [0.15, 0.2) is 34.3 Å². The number of rotatable bonds is 11. The van der Waals surface area contributed by atoms with E-state index in [1.54, 1.807) is 12.4 Å². The molecule has 10 nitrogen and oxygen atoms in total. The highest BCUT2D eigenvalue weighted by molar-refractivity contribution is 5.86. The van der Waals surface area contributed by atoms with Gasteiger partial charge in [0.25, 0.3) is 0 Å². The smallest absolute Gasteiger partial charge is 0.223 e. The predicted octanol–water partition coefficient (Wildman–Crippen LogP) is 7.48. The molecule has 0 saturated carbocycles. The largest absolute Gasteiger partial charge is 0.507 e. The molecule has 0 bridgehead atoms. The fourth-order valence-corrected chi connectivity index (χ4v) is 7.31. The average Bonchev–Trinajstić information content (AvgIpc) is 3.07. The van der Waals surface area contributed by atoms with E-state index in [0.29, 0.717) is 37.3 Å². The van der Waals surface area contributed by atoms with Crippen molar-refractivity contribution in [3.63, 3.8) is 0 Å². The number of carbonyl (C=O) groups excluding carboxylic acids is 2. The summed E-state index contributed by atoms with van der Waals surface area (Å²) in [5.74, 6) is 0.774. The molecule has 0 spiro atoms. The van der Waals surface area contributed by atoms with Crippen LogP contribution in [0.5, 0.6) is 11.5 Å². The number of benzene rings is 2. The molecule has 56 heavy (non-hydrogen) atoms. The number of nitrogens with zero attached hydrogens (tertiary/aromatic N) is 4. The van der Waals surface area contributed by atoms with Gasteiger partial charge in [-0.2, -0.15) is 0 Å². The molecule has 0 aromatic heterocycles. The summed E-state index contributed by atoms with van der Waals surface area (Å²) in [6.45, 7) is 30.4. The van der Waals surface area contributed by atoms with E-state index in [4.69, 9.17) is 0 Å². The third-order valence-corrected chi connectivity index (χ3v) is 10.7. The third kappa shape index (κ3) is 13.4. The summed E-state index contributed by atoms with van der Waals surface area (Å²) in [4.78, 5) is 39.5. The van der Waals surface area contributed by atoms with Crippen LogP contribution >= 0.6 is 0 Å². The molecule has 2 aromatic rings. The van der Waals surface area contributed by atoms with Gasteiger partial charge >= 0.3 is 0 Å². The highest BCUT2D eigenvalue weighted by Gasteiger charge is 2.30. The standard InChI is InChI=1S/C46H72N6O4/c1-43(2,3)37-23-33(39(53)35(25-37)29-51-19-13-31(14-20-51)41(55)49-45(7,8)9)27-47-17-18-48-28-34-24-38(44(4,5)6)26-36(40(34)54)30-52-21-15-32(16-22-52)42(56)50-46(10,11)12/h23-28,31-32,53-54H,13-22,29-30H2,1-12H3,(H,49,55)(H,50,56). The van der Waals surface area contributed by atoms with E-state index in [1.165, 1.54) is 0 Å². The zero-order chi connectivity index (χ0) is 41.6. The maximum atomic E-state index is 12.8. The number of phenols is 2. The summed E-state index contributed by atoms with van der Waals surface area (Å²) in [5.41, 5.74) is 4.67. The van der Waals surface area contributed by atoms with Crippen LogP contribution in [0.1, 0.15) is 142 Å². The van der Waals surface area contributed by atoms with Crippen molar-refractivity contribution in [2.24, 2.45) is 21.8 Å². The Morgan fingerprint density at radius 2 is 0.929 bits per heavy atom. The maximum Gasteiger partial charge on any atom is 0.223 e. The second kappa shape index (κ2) is 18.2. The van der Waals surface area contributed by atoms with Gasteiger partial charge < -0.3 is 20.8 Å². The summed E-state index contributed by atoms with van der Waals surface area (Å²) in [6.07, 6.45) is 6.70. The quantitative estimate of drug-likeness (QED) is 0.139. The Labute approximate surface area is 337 Å². The van der Waals surface area contributed by atoms with E-state index < -0.39 is 0 Å². The van der Waals surface area contributed by atoms with Gasteiger partial charge in [-0.15, -0.1) is 0 Å². The average molecular weight is 773 g/mol. The molecule has 2 fully saturated rings. The SMILES string of the molecule is CC(C)(C)NC(=O)C1CCN(Cc2cc(C(C)(C)C)cc(C=NCCN=Cc3cc(C(C)(C)C)cc(CN4CCC(C(=O)NC(C)(C)C)CC4)c3O)c2O)CC1. The molecule has 0 aliphatic carbocycles. The minimum atomic E-state index is -0.240. The fraction of sp³-hybridized carbons (Fsp3) is 0.652. The number of piperidine rings is 2.